The smallest absolute Gasteiger partial charge is 0.170 e. The molecule has 6 heteroatoms. The van der Waals surface area contributed by atoms with E-state index in [4.69, 9.17) is 9.97 Å². The van der Waals surface area contributed by atoms with Gasteiger partial charge in [-0.25, -0.2) is 14.4 Å². The zero-order valence-electron chi connectivity index (χ0n) is 20.8. The summed E-state index contributed by atoms with van der Waals surface area (Å²) in [5, 5.41) is 11.1. The molecule has 2 aromatic carbocycles. The number of piperidine rings is 1. The summed E-state index contributed by atoms with van der Waals surface area (Å²) in [5.41, 5.74) is 4.41. The number of benzene rings is 2. The zero-order valence-corrected chi connectivity index (χ0v) is 20.8. The maximum absolute atomic E-state index is 15.6. The molecule has 2 aliphatic heterocycles. The molecule has 1 aliphatic carbocycles. The lowest BCUT2D eigenvalue weighted by atomic mass is 9.81. The van der Waals surface area contributed by atoms with Crippen molar-refractivity contribution in [1.29, 1.82) is 0 Å². The molecule has 3 heterocycles. The summed E-state index contributed by atoms with van der Waals surface area (Å²) in [4.78, 5) is 14.3. The van der Waals surface area contributed by atoms with E-state index >= 15 is 4.39 Å². The Morgan fingerprint density at radius 1 is 0.943 bits per heavy atom. The highest BCUT2D eigenvalue weighted by Crippen LogP contribution is 2.45. The number of fused-ring (bicyclic) bond motifs is 1. The molecule has 0 spiro atoms. The minimum Gasteiger partial charge on any atom is -0.391 e. The van der Waals surface area contributed by atoms with E-state index in [-0.39, 0.29) is 6.10 Å². The van der Waals surface area contributed by atoms with Gasteiger partial charge in [-0.3, -0.25) is 0 Å². The number of anilines is 2. The van der Waals surface area contributed by atoms with Crippen LogP contribution in [0.4, 0.5) is 15.9 Å². The fourth-order valence-corrected chi connectivity index (χ4v) is 6.13. The number of hydrogen-bond acceptors (Lipinski definition) is 5. The summed E-state index contributed by atoms with van der Waals surface area (Å²) in [6, 6.07) is 13.0. The van der Waals surface area contributed by atoms with Crippen molar-refractivity contribution in [3.05, 3.63) is 58.9 Å². The first-order valence-electron chi connectivity index (χ1n) is 13.2. The van der Waals surface area contributed by atoms with Gasteiger partial charge in [0.05, 0.1) is 11.6 Å². The third-order valence-corrected chi connectivity index (χ3v) is 8.45. The van der Waals surface area contributed by atoms with E-state index in [1.807, 2.05) is 0 Å². The van der Waals surface area contributed by atoms with Gasteiger partial charge in [-0.2, -0.15) is 0 Å². The Balaban J connectivity index is 1.38. The molecule has 3 aliphatic rings. The zero-order chi connectivity index (χ0) is 24.2. The van der Waals surface area contributed by atoms with Crippen LogP contribution in [0.3, 0.4) is 0 Å². The van der Waals surface area contributed by atoms with Crippen molar-refractivity contribution < 1.29 is 9.50 Å². The van der Waals surface area contributed by atoms with Crippen LogP contribution >= 0.6 is 0 Å². The molecule has 1 atom stereocenters. The van der Waals surface area contributed by atoms with Crippen LogP contribution in [0.2, 0.25) is 0 Å². The van der Waals surface area contributed by atoms with Gasteiger partial charge in [0.15, 0.2) is 11.5 Å². The van der Waals surface area contributed by atoms with Gasteiger partial charge in [0, 0.05) is 37.3 Å². The van der Waals surface area contributed by atoms with Crippen LogP contribution in [0.25, 0.3) is 10.9 Å². The maximum Gasteiger partial charge on any atom is 0.170 e. The molecule has 1 N–H and O–H groups in total. The molecule has 6 rings (SSSR count). The van der Waals surface area contributed by atoms with E-state index in [1.165, 1.54) is 11.1 Å². The van der Waals surface area contributed by atoms with Gasteiger partial charge < -0.3 is 14.9 Å². The van der Waals surface area contributed by atoms with E-state index in [9.17, 15) is 5.11 Å². The van der Waals surface area contributed by atoms with Crippen molar-refractivity contribution in [2.75, 3.05) is 36.0 Å². The summed E-state index contributed by atoms with van der Waals surface area (Å²) in [6.07, 6.45) is 4.54. The van der Waals surface area contributed by atoms with Crippen LogP contribution in [0, 0.1) is 13.8 Å². The Bertz CT molecular complexity index is 1250. The lowest BCUT2D eigenvalue weighted by Gasteiger charge is -2.36. The number of halogens is 1. The van der Waals surface area contributed by atoms with Gasteiger partial charge in [-0.1, -0.05) is 24.3 Å². The fourth-order valence-electron chi connectivity index (χ4n) is 6.13. The Hall–Kier alpha value is -2.73. The van der Waals surface area contributed by atoms with Gasteiger partial charge in [0.25, 0.3) is 0 Å². The van der Waals surface area contributed by atoms with Crippen molar-refractivity contribution in [2.24, 2.45) is 0 Å². The average molecular weight is 475 g/mol. The molecule has 0 amide bonds. The predicted molar refractivity (Wildman–Crippen MR) is 139 cm³/mol. The predicted octanol–water partition coefficient (Wildman–Crippen LogP) is 5.55. The van der Waals surface area contributed by atoms with Crippen LogP contribution in [0.1, 0.15) is 67.0 Å². The number of rotatable bonds is 4. The third-order valence-electron chi connectivity index (χ3n) is 8.45. The second-order valence-electron chi connectivity index (χ2n) is 10.9. The van der Waals surface area contributed by atoms with Gasteiger partial charge in [-0.15, -0.1) is 0 Å². The van der Waals surface area contributed by atoms with Crippen molar-refractivity contribution in [2.45, 2.75) is 70.1 Å². The number of aliphatic hydroxyl groups is 1. The minimum absolute atomic E-state index is 0.283. The Morgan fingerprint density at radius 3 is 2.34 bits per heavy atom. The number of nitrogens with zero attached hydrogens (tertiary/aromatic N) is 4. The van der Waals surface area contributed by atoms with Crippen LogP contribution in [-0.2, 0) is 5.67 Å². The second-order valence-corrected chi connectivity index (χ2v) is 10.9. The summed E-state index contributed by atoms with van der Waals surface area (Å²) in [7, 11) is 0. The molecule has 5 nitrogen and oxygen atoms in total. The number of aryl methyl sites for hydroxylation is 2. The molecule has 0 bridgehead atoms. The lowest BCUT2D eigenvalue weighted by molar-refractivity contribution is 0.0512. The summed E-state index contributed by atoms with van der Waals surface area (Å²) in [5.74, 6) is 1.78. The van der Waals surface area contributed by atoms with Gasteiger partial charge in [0.1, 0.15) is 5.82 Å². The largest absolute Gasteiger partial charge is 0.391 e. The lowest BCUT2D eigenvalue weighted by Crippen LogP contribution is -2.36. The molecule has 1 saturated carbocycles. The molecular weight excluding hydrogens is 439 g/mol. The fraction of sp³-hybridized carbons (Fsp3) is 0.517. The summed E-state index contributed by atoms with van der Waals surface area (Å²) >= 11 is 0. The van der Waals surface area contributed by atoms with Gasteiger partial charge in [-0.05, 0) is 87.1 Å². The van der Waals surface area contributed by atoms with E-state index in [1.54, 1.807) is 0 Å². The normalized spacial score (nSPS) is 22.6. The summed E-state index contributed by atoms with van der Waals surface area (Å²) < 4.78 is 15.6. The van der Waals surface area contributed by atoms with Crippen LogP contribution in [-0.4, -0.2) is 47.4 Å². The van der Waals surface area contributed by atoms with Crippen molar-refractivity contribution in [1.82, 2.24) is 9.97 Å². The molecule has 0 radical (unpaired) electrons. The average Bonchev–Trinajstić information content (AvgIpc) is 3.29. The number of β-amino-alcohol motifs (C(OH)–C–C–N with tert-alkyl or cyclic N) is 1. The molecule has 2 saturated heterocycles. The molecular formula is C29H35FN4O. The highest BCUT2D eigenvalue weighted by Gasteiger charge is 2.42. The quantitative estimate of drug-likeness (QED) is 0.537. The first-order valence-corrected chi connectivity index (χ1v) is 13.2. The van der Waals surface area contributed by atoms with E-state index in [2.05, 4.69) is 60.0 Å². The van der Waals surface area contributed by atoms with Crippen molar-refractivity contribution in [3.63, 3.8) is 0 Å². The van der Waals surface area contributed by atoms with Crippen LogP contribution < -0.4 is 9.80 Å². The van der Waals surface area contributed by atoms with Crippen LogP contribution in [0.5, 0.6) is 0 Å². The van der Waals surface area contributed by atoms with E-state index < -0.39 is 5.67 Å². The molecule has 35 heavy (non-hydrogen) atoms. The minimum atomic E-state index is -1.40. The van der Waals surface area contributed by atoms with Gasteiger partial charge in [0.2, 0.25) is 0 Å². The topological polar surface area (TPSA) is 52.5 Å². The Labute approximate surface area is 207 Å². The van der Waals surface area contributed by atoms with E-state index in [0.717, 1.165) is 73.3 Å². The van der Waals surface area contributed by atoms with Crippen molar-refractivity contribution in [3.8, 4) is 0 Å². The van der Waals surface area contributed by atoms with Crippen LogP contribution in [0.15, 0.2) is 36.4 Å². The monoisotopic (exact) mass is 474 g/mol. The number of alkyl halides is 1. The van der Waals surface area contributed by atoms with Gasteiger partial charge >= 0.3 is 0 Å². The standard InChI is InChI=1S/C29H35FN4O/c1-19-6-3-4-7-24(19)21-8-13-33(14-9-21)27-25-17-22(34-15-10-23(35)18-34)16-20(2)26(25)31-28(32-27)29(30)11-5-12-29/h3-4,6-7,16-17,21,23,35H,5,8-15,18H2,1-2H3/t23-/m1/s1. The van der Waals surface area contributed by atoms with E-state index in [0.29, 0.717) is 31.1 Å². The third kappa shape index (κ3) is 4.06. The number of aromatic nitrogens is 2. The Kier molecular flexibility index (Phi) is 5.67. The number of aliphatic hydroxyl groups excluding tert-OH is 1. The SMILES string of the molecule is Cc1ccccc1C1CCN(c2nc(C3(F)CCC3)nc3c(C)cc(N4CC[C@@H](O)C4)cc23)CC1. The highest BCUT2D eigenvalue weighted by atomic mass is 19.1. The highest BCUT2D eigenvalue weighted by molar-refractivity contribution is 5.94. The second kappa shape index (κ2) is 8.74. The molecule has 0 unspecified atom stereocenters. The Morgan fingerprint density at radius 2 is 1.69 bits per heavy atom. The molecule has 3 aromatic rings. The summed E-state index contributed by atoms with van der Waals surface area (Å²) in [6.45, 7) is 7.55. The molecule has 184 valence electrons. The maximum atomic E-state index is 15.6. The van der Waals surface area contributed by atoms with Crippen molar-refractivity contribution >= 4 is 22.4 Å². The first-order chi connectivity index (χ1) is 16.9. The molecule has 1 aromatic heterocycles. The number of hydrogen-bond donors (Lipinski definition) is 1. The molecule has 3 fully saturated rings. The first kappa shape index (κ1) is 22.7.